The Morgan fingerprint density at radius 1 is 1.33 bits per heavy atom. The molecule has 114 valence electrons. The van der Waals surface area contributed by atoms with Crippen LogP contribution in [0.1, 0.15) is 10.1 Å². The van der Waals surface area contributed by atoms with Gasteiger partial charge in [0, 0.05) is 22.1 Å². The van der Waals surface area contributed by atoms with Crippen LogP contribution < -0.4 is 4.74 Å². The molecule has 1 saturated heterocycles. The van der Waals surface area contributed by atoms with Crippen molar-refractivity contribution in [2.24, 2.45) is 0 Å². The van der Waals surface area contributed by atoms with Gasteiger partial charge in [0.25, 0.3) is 0 Å². The summed E-state index contributed by atoms with van der Waals surface area (Å²) in [6.45, 7) is 0. The Morgan fingerprint density at radius 2 is 2.05 bits per heavy atom. The lowest BCUT2D eigenvalue weighted by atomic mass is 10.2. The molecule has 0 aliphatic carbocycles. The Labute approximate surface area is 137 Å². The molecule has 0 spiro atoms. The smallest absolute Gasteiger partial charge is 0.377 e. The van der Waals surface area contributed by atoms with E-state index in [0.29, 0.717) is 10.8 Å². The van der Waals surface area contributed by atoms with Crippen molar-refractivity contribution in [2.75, 3.05) is 25.7 Å². The van der Waals surface area contributed by atoms with Crippen LogP contribution >= 0.6 is 35.1 Å². The van der Waals surface area contributed by atoms with Crippen LogP contribution in [0.15, 0.2) is 30.2 Å². The van der Waals surface area contributed by atoms with Crippen molar-refractivity contribution in [3.63, 3.8) is 0 Å². The van der Waals surface area contributed by atoms with Crippen LogP contribution in [0, 0.1) is 0 Å². The number of halogens is 1. The molecule has 0 radical (unpaired) electrons. The number of carbonyl (C=O) groups excluding carboxylic acids is 1. The Kier molecular flexibility index (Phi) is 6.14. The maximum absolute atomic E-state index is 11.7. The molecule has 0 aromatic heterocycles. The molecule has 21 heavy (non-hydrogen) atoms. The monoisotopic (exact) mass is 346 g/mol. The molecule has 0 atom stereocenters. The second kappa shape index (κ2) is 7.87. The summed E-state index contributed by atoms with van der Waals surface area (Å²) in [7, 11) is 2.73. The molecule has 4 nitrogen and oxygen atoms in total. The summed E-state index contributed by atoms with van der Waals surface area (Å²) in [5.74, 6) is 2.15. The van der Waals surface area contributed by atoms with E-state index in [1.54, 1.807) is 12.1 Å². The third-order valence-electron chi connectivity index (χ3n) is 2.68. The van der Waals surface area contributed by atoms with Gasteiger partial charge in [-0.3, -0.25) is 0 Å². The molecule has 0 amide bonds. The fourth-order valence-electron chi connectivity index (χ4n) is 1.77. The molecule has 1 aliphatic heterocycles. The third-order valence-corrected chi connectivity index (χ3v) is 5.98. The summed E-state index contributed by atoms with van der Waals surface area (Å²) < 4.78 is 15.5. The van der Waals surface area contributed by atoms with Crippen LogP contribution in [0.4, 0.5) is 0 Å². The number of benzene rings is 1. The molecule has 0 N–H and O–H groups in total. The zero-order valence-electron chi connectivity index (χ0n) is 11.6. The SMILES string of the molecule is CO/C=C(/Oc1ccc(Cl)cc1C1SCCS1)C(=O)OC. The number of ether oxygens (including phenoxy) is 3. The van der Waals surface area contributed by atoms with E-state index in [1.807, 2.05) is 29.6 Å². The molecule has 1 aromatic carbocycles. The van der Waals surface area contributed by atoms with Gasteiger partial charge in [0.1, 0.15) is 12.0 Å². The van der Waals surface area contributed by atoms with E-state index in [1.165, 1.54) is 20.5 Å². The summed E-state index contributed by atoms with van der Waals surface area (Å²) in [4.78, 5) is 11.7. The van der Waals surface area contributed by atoms with Crippen molar-refractivity contribution in [2.45, 2.75) is 4.58 Å². The molecule has 1 heterocycles. The van der Waals surface area contributed by atoms with Crippen molar-refractivity contribution in [3.8, 4) is 5.75 Å². The Bertz CT molecular complexity index is 542. The Balaban J connectivity index is 2.29. The van der Waals surface area contributed by atoms with Crippen molar-refractivity contribution in [1.82, 2.24) is 0 Å². The lowest BCUT2D eigenvalue weighted by molar-refractivity contribution is -0.138. The molecule has 1 aliphatic rings. The highest BCUT2D eigenvalue weighted by molar-refractivity contribution is 8.19. The van der Waals surface area contributed by atoms with Gasteiger partial charge >= 0.3 is 5.97 Å². The molecular weight excluding hydrogens is 332 g/mol. The highest BCUT2D eigenvalue weighted by atomic mass is 35.5. The minimum atomic E-state index is -0.593. The van der Waals surface area contributed by atoms with Crippen molar-refractivity contribution < 1.29 is 19.0 Å². The van der Waals surface area contributed by atoms with E-state index in [-0.39, 0.29) is 10.3 Å². The lowest BCUT2D eigenvalue weighted by Gasteiger charge is -2.16. The number of hydrogen-bond donors (Lipinski definition) is 0. The normalized spacial score (nSPS) is 15.9. The predicted octanol–water partition coefficient (Wildman–Crippen LogP) is 3.86. The van der Waals surface area contributed by atoms with Crippen LogP contribution in [0.2, 0.25) is 5.02 Å². The van der Waals surface area contributed by atoms with E-state index >= 15 is 0 Å². The molecule has 0 unspecified atom stereocenters. The van der Waals surface area contributed by atoms with Gasteiger partial charge in [0.2, 0.25) is 5.76 Å². The first-order valence-electron chi connectivity index (χ1n) is 6.17. The maximum Gasteiger partial charge on any atom is 0.377 e. The summed E-state index contributed by atoms with van der Waals surface area (Å²) >= 11 is 9.74. The number of thioether (sulfide) groups is 2. The van der Waals surface area contributed by atoms with Gasteiger partial charge < -0.3 is 14.2 Å². The summed E-state index contributed by atoms with van der Waals surface area (Å²) in [6.07, 6.45) is 1.22. The Hall–Kier alpha value is -0.980. The number of carbonyl (C=O) groups is 1. The van der Waals surface area contributed by atoms with Crippen LogP contribution in [0.25, 0.3) is 0 Å². The van der Waals surface area contributed by atoms with Gasteiger partial charge in [-0.2, -0.15) is 0 Å². The minimum absolute atomic E-state index is 0.00318. The first-order valence-corrected chi connectivity index (χ1v) is 8.65. The van der Waals surface area contributed by atoms with Gasteiger partial charge in [0.15, 0.2) is 0 Å². The average molecular weight is 347 g/mol. The first-order chi connectivity index (χ1) is 10.2. The van der Waals surface area contributed by atoms with Crippen LogP contribution in [-0.4, -0.2) is 31.7 Å². The fourth-order valence-corrected chi connectivity index (χ4v) is 4.84. The predicted molar refractivity (Wildman–Crippen MR) is 86.8 cm³/mol. The van der Waals surface area contributed by atoms with Crippen LogP contribution in [0.5, 0.6) is 5.75 Å². The van der Waals surface area contributed by atoms with E-state index in [2.05, 4.69) is 4.74 Å². The number of esters is 1. The molecule has 1 fully saturated rings. The molecule has 7 heteroatoms. The fraction of sp³-hybridized carbons (Fsp3) is 0.357. The average Bonchev–Trinajstić information content (AvgIpc) is 3.01. The van der Waals surface area contributed by atoms with Crippen molar-refractivity contribution >= 4 is 41.1 Å². The summed E-state index contributed by atoms with van der Waals surface area (Å²) in [5, 5.41) is 0.640. The maximum atomic E-state index is 11.7. The zero-order chi connectivity index (χ0) is 15.2. The van der Waals surface area contributed by atoms with E-state index in [4.69, 9.17) is 21.1 Å². The van der Waals surface area contributed by atoms with Gasteiger partial charge in [-0.05, 0) is 18.2 Å². The summed E-state index contributed by atoms with van der Waals surface area (Å²) in [5.41, 5.74) is 0.959. The van der Waals surface area contributed by atoms with Crippen molar-refractivity contribution in [3.05, 3.63) is 40.8 Å². The largest absolute Gasteiger partial charge is 0.500 e. The highest BCUT2D eigenvalue weighted by Crippen LogP contribution is 2.49. The van der Waals surface area contributed by atoms with E-state index < -0.39 is 5.97 Å². The van der Waals surface area contributed by atoms with Crippen LogP contribution in [0.3, 0.4) is 0 Å². The minimum Gasteiger partial charge on any atom is -0.500 e. The molecule has 2 rings (SSSR count). The quantitative estimate of drug-likeness (QED) is 0.458. The van der Waals surface area contributed by atoms with E-state index in [9.17, 15) is 4.79 Å². The number of hydrogen-bond acceptors (Lipinski definition) is 6. The van der Waals surface area contributed by atoms with E-state index in [0.717, 1.165) is 17.1 Å². The summed E-state index contributed by atoms with van der Waals surface area (Å²) in [6, 6.07) is 5.35. The lowest BCUT2D eigenvalue weighted by Crippen LogP contribution is -2.12. The third kappa shape index (κ3) is 4.25. The van der Waals surface area contributed by atoms with Gasteiger partial charge in [0.05, 0.1) is 18.8 Å². The van der Waals surface area contributed by atoms with Gasteiger partial charge in [-0.25, -0.2) is 4.79 Å². The van der Waals surface area contributed by atoms with Gasteiger partial charge in [-0.15, -0.1) is 23.5 Å². The molecule has 0 saturated carbocycles. The highest BCUT2D eigenvalue weighted by Gasteiger charge is 2.24. The number of methoxy groups -OCH3 is 2. The topological polar surface area (TPSA) is 44.8 Å². The standard InChI is InChI=1S/C14H15ClO4S2/c1-17-8-12(13(16)18-2)19-11-4-3-9(15)7-10(11)14-20-5-6-21-14/h3-4,7-8,14H,5-6H2,1-2H3/b12-8+. The second-order valence-electron chi connectivity index (χ2n) is 4.07. The van der Waals surface area contributed by atoms with Crippen molar-refractivity contribution in [1.29, 1.82) is 0 Å². The second-order valence-corrected chi connectivity index (χ2v) is 7.23. The van der Waals surface area contributed by atoms with Gasteiger partial charge in [-0.1, -0.05) is 11.6 Å². The number of rotatable bonds is 5. The first kappa shape index (κ1) is 16.4. The zero-order valence-corrected chi connectivity index (χ0v) is 14.0. The molecule has 1 aromatic rings. The Morgan fingerprint density at radius 3 is 2.67 bits per heavy atom. The van der Waals surface area contributed by atoms with Crippen LogP contribution in [-0.2, 0) is 14.3 Å². The molecule has 0 bridgehead atoms. The molecular formula is C14H15ClO4S2.